The van der Waals surface area contributed by atoms with Gasteiger partial charge in [-0.05, 0) is 30.0 Å². The summed E-state index contributed by atoms with van der Waals surface area (Å²) in [6.07, 6.45) is 1.69. The lowest BCUT2D eigenvalue weighted by molar-refractivity contribution is 0.364. The number of rotatable bonds is 4. The second kappa shape index (κ2) is 6.78. The minimum Gasteiger partial charge on any atom is -0.481 e. The summed E-state index contributed by atoms with van der Waals surface area (Å²) in [6, 6.07) is 6.91. The van der Waals surface area contributed by atoms with Gasteiger partial charge in [-0.25, -0.2) is 0 Å². The molecule has 0 N–H and O–H groups in total. The van der Waals surface area contributed by atoms with Gasteiger partial charge in [-0.15, -0.1) is 0 Å². The second-order valence-electron chi connectivity index (χ2n) is 4.43. The summed E-state index contributed by atoms with van der Waals surface area (Å²) in [5.74, 6) is 0.846. The van der Waals surface area contributed by atoms with E-state index < -0.39 is 0 Å². The van der Waals surface area contributed by atoms with E-state index in [-0.39, 0.29) is 0 Å². The van der Waals surface area contributed by atoms with Crippen LogP contribution in [0.1, 0.15) is 0 Å². The molecule has 0 saturated heterocycles. The van der Waals surface area contributed by atoms with Gasteiger partial charge in [-0.3, -0.25) is 4.98 Å². The molecule has 1 aromatic carbocycles. The first-order valence-corrected chi connectivity index (χ1v) is 8.06. The zero-order valence-corrected chi connectivity index (χ0v) is 14.5. The fourth-order valence-electron chi connectivity index (χ4n) is 2.00. The first-order chi connectivity index (χ1) is 11.1. The number of pyridine rings is 1. The van der Waals surface area contributed by atoms with Gasteiger partial charge in [0.1, 0.15) is 0 Å². The van der Waals surface area contributed by atoms with E-state index in [1.165, 1.54) is 26.0 Å². The van der Waals surface area contributed by atoms with Crippen LogP contribution in [0.15, 0.2) is 40.5 Å². The summed E-state index contributed by atoms with van der Waals surface area (Å²) >= 11 is 13.7. The van der Waals surface area contributed by atoms with Gasteiger partial charge in [0, 0.05) is 21.5 Å². The predicted octanol–water partition coefficient (Wildman–Crippen LogP) is 4.50. The van der Waals surface area contributed by atoms with Gasteiger partial charge in [0.15, 0.2) is 5.16 Å². The van der Waals surface area contributed by atoms with E-state index in [1.54, 1.807) is 24.4 Å². The maximum absolute atomic E-state index is 6.32. The Labute approximate surface area is 147 Å². The number of benzene rings is 1. The first-order valence-electron chi connectivity index (χ1n) is 6.49. The average molecular weight is 368 g/mol. The largest absolute Gasteiger partial charge is 0.481 e. The molecular formula is C15H11Cl2N3O2S. The van der Waals surface area contributed by atoms with Gasteiger partial charge in [0.05, 0.1) is 30.8 Å². The highest BCUT2D eigenvalue weighted by molar-refractivity contribution is 7.99. The van der Waals surface area contributed by atoms with Crippen molar-refractivity contribution in [2.75, 3.05) is 14.2 Å². The highest BCUT2D eigenvalue weighted by Gasteiger charge is 2.12. The normalized spacial score (nSPS) is 10.8. The third-order valence-corrected chi connectivity index (χ3v) is 4.44. The Morgan fingerprint density at radius 3 is 2.35 bits per heavy atom. The monoisotopic (exact) mass is 367 g/mol. The fourth-order valence-corrected chi connectivity index (χ4v) is 3.55. The van der Waals surface area contributed by atoms with E-state index in [1.807, 2.05) is 6.07 Å². The molecule has 0 spiro atoms. The smallest absolute Gasteiger partial charge is 0.220 e. The van der Waals surface area contributed by atoms with Crippen LogP contribution in [-0.2, 0) is 0 Å². The highest BCUT2D eigenvalue weighted by atomic mass is 35.5. The highest BCUT2D eigenvalue weighted by Crippen LogP contribution is 2.37. The van der Waals surface area contributed by atoms with Crippen molar-refractivity contribution in [3.05, 3.63) is 40.5 Å². The van der Waals surface area contributed by atoms with Gasteiger partial charge in [-0.2, -0.15) is 9.97 Å². The Morgan fingerprint density at radius 2 is 1.70 bits per heavy atom. The number of fused-ring (bicyclic) bond motifs is 1. The minimum absolute atomic E-state index is 0.423. The lowest BCUT2D eigenvalue weighted by Gasteiger charge is -2.09. The van der Waals surface area contributed by atoms with Crippen molar-refractivity contribution < 1.29 is 9.47 Å². The van der Waals surface area contributed by atoms with Crippen LogP contribution in [0.2, 0.25) is 10.0 Å². The van der Waals surface area contributed by atoms with Gasteiger partial charge < -0.3 is 9.47 Å². The SMILES string of the molecule is COc1cc(OC)nc(Sc2ccnc3cc(Cl)cc(Cl)c23)n1. The third-order valence-electron chi connectivity index (χ3n) is 3.00. The summed E-state index contributed by atoms with van der Waals surface area (Å²) in [7, 11) is 3.08. The molecule has 0 bridgehead atoms. The Hall–Kier alpha value is -1.76. The van der Waals surface area contributed by atoms with Crippen LogP contribution in [0, 0.1) is 0 Å². The molecule has 3 rings (SSSR count). The molecule has 0 radical (unpaired) electrons. The molecular weight excluding hydrogens is 357 g/mol. The quantitative estimate of drug-likeness (QED) is 0.632. The van der Waals surface area contributed by atoms with Crippen LogP contribution in [0.4, 0.5) is 0 Å². The summed E-state index contributed by atoms with van der Waals surface area (Å²) in [5.41, 5.74) is 0.711. The van der Waals surface area contributed by atoms with Gasteiger partial charge in [0.25, 0.3) is 0 Å². The van der Waals surface area contributed by atoms with Crippen molar-refractivity contribution in [1.82, 2.24) is 15.0 Å². The Kier molecular flexibility index (Phi) is 4.75. The molecule has 2 aromatic heterocycles. The molecule has 118 valence electrons. The van der Waals surface area contributed by atoms with E-state index in [0.29, 0.717) is 32.5 Å². The van der Waals surface area contributed by atoms with E-state index in [9.17, 15) is 0 Å². The summed E-state index contributed by atoms with van der Waals surface area (Å²) in [5, 5.41) is 2.35. The van der Waals surface area contributed by atoms with Crippen LogP contribution in [0.25, 0.3) is 10.9 Å². The lowest BCUT2D eigenvalue weighted by atomic mass is 10.2. The Balaban J connectivity index is 2.08. The second-order valence-corrected chi connectivity index (χ2v) is 6.28. The van der Waals surface area contributed by atoms with Gasteiger partial charge in [-0.1, -0.05) is 23.2 Å². The molecule has 3 aromatic rings. The fraction of sp³-hybridized carbons (Fsp3) is 0.133. The van der Waals surface area contributed by atoms with Crippen molar-refractivity contribution in [3.8, 4) is 11.8 Å². The van der Waals surface area contributed by atoms with E-state index in [4.69, 9.17) is 32.7 Å². The molecule has 23 heavy (non-hydrogen) atoms. The van der Waals surface area contributed by atoms with Crippen molar-refractivity contribution in [1.29, 1.82) is 0 Å². The first kappa shape index (κ1) is 16.1. The van der Waals surface area contributed by atoms with Crippen LogP contribution >= 0.6 is 35.0 Å². The van der Waals surface area contributed by atoms with E-state index >= 15 is 0 Å². The van der Waals surface area contributed by atoms with Crippen molar-refractivity contribution in [3.63, 3.8) is 0 Å². The number of hydrogen-bond acceptors (Lipinski definition) is 6. The van der Waals surface area contributed by atoms with Gasteiger partial charge in [0.2, 0.25) is 11.8 Å². The molecule has 0 saturated carbocycles. The van der Waals surface area contributed by atoms with Crippen LogP contribution in [0.5, 0.6) is 11.8 Å². The summed E-state index contributed by atoms with van der Waals surface area (Å²) in [4.78, 5) is 13.8. The molecule has 0 aliphatic rings. The number of aromatic nitrogens is 3. The third kappa shape index (κ3) is 3.44. The molecule has 0 atom stereocenters. The lowest BCUT2D eigenvalue weighted by Crippen LogP contribution is -1.96. The number of ether oxygens (including phenoxy) is 2. The number of methoxy groups -OCH3 is 2. The van der Waals surface area contributed by atoms with Crippen molar-refractivity contribution >= 4 is 45.9 Å². The molecule has 5 nitrogen and oxygen atoms in total. The van der Waals surface area contributed by atoms with Crippen LogP contribution in [0.3, 0.4) is 0 Å². The maximum Gasteiger partial charge on any atom is 0.220 e. The Morgan fingerprint density at radius 1 is 1.00 bits per heavy atom. The van der Waals surface area contributed by atoms with E-state index in [2.05, 4.69) is 15.0 Å². The standard InChI is InChI=1S/C15H11Cl2N3O2S/c1-21-12-7-13(22-2)20-15(19-12)23-11-3-4-18-10-6-8(16)5-9(17)14(10)11/h3-7H,1-2H3. The molecule has 0 unspecified atom stereocenters. The molecule has 0 fully saturated rings. The molecule has 0 aliphatic heterocycles. The van der Waals surface area contributed by atoms with Crippen molar-refractivity contribution in [2.45, 2.75) is 10.1 Å². The Bertz CT molecular complexity index is 854. The molecule has 8 heteroatoms. The van der Waals surface area contributed by atoms with Crippen molar-refractivity contribution in [2.24, 2.45) is 0 Å². The topological polar surface area (TPSA) is 57.1 Å². The molecule has 2 heterocycles. The average Bonchev–Trinajstić information content (AvgIpc) is 2.54. The van der Waals surface area contributed by atoms with Gasteiger partial charge >= 0.3 is 0 Å². The molecule has 0 aliphatic carbocycles. The zero-order chi connectivity index (χ0) is 16.4. The summed E-state index contributed by atoms with van der Waals surface area (Å²) < 4.78 is 10.3. The number of hydrogen-bond donors (Lipinski definition) is 0. The number of nitrogens with zero attached hydrogens (tertiary/aromatic N) is 3. The van der Waals surface area contributed by atoms with Crippen LogP contribution < -0.4 is 9.47 Å². The maximum atomic E-state index is 6.32. The van der Waals surface area contributed by atoms with Crippen LogP contribution in [-0.4, -0.2) is 29.2 Å². The number of halogens is 2. The minimum atomic E-state index is 0.423. The predicted molar refractivity (Wildman–Crippen MR) is 91.0 cm³/mol. The molecule has 0 amide bonds. The van der Waals surface area contributed by atoms with E-state index in [0.717, 1.165) is 10.3 Å². The zero-order valence-electron chi connectivity index (χ0n) is 12.2. The summed E-state index contributed by atoms with van der Waals surface area (Å²) in [6.45, 7) is 0.